The molecule has 142 valence electrons. The highest BCUT2D eigenvalue weighted by Crippen LogP contribution is 2.29. The molecule has 0 aliphatic carbocycles. The number of nitrogens with zero attached hydrogens (tertiary/aromatic N) is 4. The molecule has 0 aliphatic rings. The van der Waals surface area contributed by atoms with Gasteiger partial charge in [0.05, 0.1) is 5.69 Å². The normalized spacial score (nSPS) is 11.1. The maximum atomic E-state index is 13.6. The Labute approximate surface area is 161 Å². The quantitative estimate of drug-likeness (QED) is 0.530. The molecule has 0 saturated heterocycles. The third-order valence-electron chi connectivity index (χ3n) is 4.43. The standard InChI is InChI=1S/C21H19F2N5/c1-3-5-17-18-19(28(2)27-17)21(24-16-7-4-6-15(23)12-16)26-20(25-18)13-8-10-14(22)11-9-13/h4,6-12H,3,5H2,1-2H3,(H,24,25,26). The Hall–Kier alpha value is -3.35. The van der Waals surface area contributed by atoms with E-state index in [9.17, 15) is 8.78 Å². The largest absolute Gasteiger partial charge is 0.338 e. The van der Waals surface area contributed by atoms with Crippen LogP contribution in [0.3, 0.4) is 0 Å². The minimum Gasteiger partial charge on any atom is -0.338 e. The molecule has 5 nitrogen and oxygen atoms in total. The molecule has 2 heterocycles. The fourth-order valence-corrected chi connectivity index (χ4v) is 3.16. The number of halogens is 2. The van der Waals surface area contributed by atoms with Gasteiger partial charge in [-0.2, -0.15) is 5.10 Å². The van der Waals surface area contributed by atoms with E-state index < -0.39 is 0 Å². The second kappa shape index (κ2) is 7.34. The summed E-state index contributed by atoms with van der Waals surface area (Å²) in [6, 6.07) is 12.2. The van der Waals surface area contributed by atoms with E-state index in [0.29, 0.717) is 22.9 Å². The number of rotatable bonds is 5. The van der Waals surface area contributed by atoms with Crippen molar-refractivity contribution in [2.45, 2.75) is 19.8 Å². The molecule has 0 fully saturated rings. The number of anilines is 2. The maximum absolute atomic E-state index is 13.6. The summed E-state index contributed by atoms with van der Waals surface area (Å²) in [5.41, 5.74) is 3.60. The van der Waals surface area contributed by atoms with Gasteiger partial charge in [-0.25, -0.2) is 18.7 Å². The van der Waals surface area contributed by atoms with Crippen molar-refractivity contribution in [3.05, 3.63) is 65.9 Å². The molecule has 28 heavy (non-hydrogen) atoms. The number of benzene rings is 2. The van der Waals surface area contributed by atoms with Gasteiger partial charge >= 0.3 is 0 Å². The van der Waals surface area contributed by atoms with Gasteiger partial charge in [0.15, 0.2) is 11.6 Å². The number of hydrogen-bond donors (Lipinski definition) is 1. The van der Waals surface area contributed by atoms with Gasteiger partial charge in [-0.05, 0) is 48.9 Å². The summed E-state index contributed by atoms with van der Waals surface area (Å²) in [5.74, 6) is 0.311. The van der Waals surface area contributed by atoms with Crippen LogP contribution in [-0.4, -0.2) is 19.7 Å². The predicted octanol–water partition coefficient (Wildman–Crippen LogP) is 5.00. The zero-order chi connectivity index (χ0) is 19.7. The molecule has 0 spiro atoms. The van der Waals surface area contributed by atoms with Gasteiger partial charge in [-0.15, -0.1) is 0 Å². The molecule has 0 aliphatic heterocycles. The second-order valence-corrected chi connectivity index (χ2v) is 6.56. The number of aryl methyl sites for hydroxylation is 2. The van der Waals surface area contributed by atoms with Crippen molar-refractivity contribution >= 4 is 22.5 Å². The van der Waals surface area contributed by atoms with E-state index in [2.05, 4.69) is 22.3 Å². The molecule has 0 amide bonds. The van der Waals surface area contributed by atoms with E-state index in [1.165, 1.54) is 24.3 Å². The van der Waals surface area contributed by atoms with Gasteiger partial charge in [0.2, 0.25) is 0 Å². The van der Waals surface area contributed by atoms with E-state index in [4.69, 9.17) is 4.98 Å². The van der Waals surface area contributed by atoms with Crippen molar-refractivity contribution in [1.82, 2.24) is 19.7 Å². The van der Waals surface area contributed by atoms with E-state index in [0.717, 1.165) is 29.6 Å². The van der Waals surface area contributed by atoms with Gasteiger partial charge in [0.25, 0.3) is 0 Å². The molecule has 0 radical (unpaired) electrons. The molecule has 1 N–H and O–H groups in total. The second-order valence-electron chi connectivity index (χ2n) is 6.56. The number of nitrogens with one attached hydrogen (secondary N) is 1. The molecule has 0 unspecified atom stereocenters. The first-order chi connectivity index (χ1) is 13.5. The maximum Gasteiger partial charge on any atom is 0.162 e. The molecule has 7 heteroatoms. The Kier molecular flexibility index (Phi) is 4.73. The van der Waals surface area contributed by atoms with Crippen molar-refractivity contribution < 1.29 is 8.78 Å². The summed E-state index contributed by atoms with van der Waals surface area (Å²) >= 11 is 0. The van der Waals surface area contributed by atoms with Crippen LogP contribution in [0.25, 0.3) is 22.4 Å². The SMILES string of the molecule is CCCc1nn(C)c2c(Nc3cccc(F)c3)nc(-c3ccc(F)cc3)nc12. The average molecular weight is 379 g/mol. The number of fused-ring (bicyclic) bond motifs is 1. The lowest BCUT2D eigenvalue weighted by Gasteiger charge is -2.10. The molecule has 0 saturated carbocycles. The first kappa shape index (κ1) is 18.0. The Morgan fingerprint density at radius 1 is 1.00 bits per heavy atom. The summed E-state index contributed by atoms with van der Waals surface area (Å²) in [5, 5.41) is 7.77. The van der Waals surface area contributed by atoms with E-state index in [1.54, 1.807) is 28.9 Å². The summed E-state index contributed by atoms with van der Waals surface area (Å²) in [6.07, 6.45) is 1.70. The van der Waals surface area contributed by atoms with Crippen molar-refractivity contribution in [3.8, 4) is 11.4 Å². The van der Waals surface area contributed by atoms with Crippen LogP contribution in [0.1, 0.15) is 19.0 Å². The van der Waals surface area contributed by atoms with Crippen LogP contribution in [0.15, 0.2) is 48.5 Å². The van der Waals surface area contributed by atoms with E-state index in [-0.39, 0.29) is 11.6 Å². The first-order valence-electron chi connectivity index (χ1n) is 9.07. The van der Waals surface area contributed by atoms with Crippen molar-refractivity contribution in [2.24, 2.45) is 7.05 Å². The van der Waals surface area contributed by atoms with Crippen LogP contribution in [0.5, 0.6) is 0 Å². The number of aromatic nitrogens is 4. The van der Waals surface area contributed by atoms with Crippen LogP contribution < -0.4 is 5.32 Å². The fourth-order valence-electron chi connectivity index (χ4n) is 3.16. The smallest absolute Gasteiger partial charge is 0.162 e. The van der Waals surface area contributed by atoms with Gasteiger partial charge in [0, 0.05) is 18.3 Å². The molecular weight excluding hydrogens is 360 g/mol. The van der Waals surface area contributed by atoms with Crippen molar-refractivity contribution in [2.75, 3.05) is 5.32 Å². The Morgan fingerprint density at radius 3 is 2.50 bits per heavy atom. The van der Waals surface area contributed by atoms with Gasteiger partial charge < -0.3 is 5.32 Å². The van der Waals surface area contributed by atoms with Gasteiger partial charge in [-0.1, -0.05) is 19.4 Å². The van der Waals surface area contributed by atoms with E-state index >= 15 is 0 Å². The Balaban J connectivity index is 1.91. The monoisotopic (exact) mass is 379 g/mol. The van der Waals surface area contributed by atoms with Gasteiger partial charge in [0.1, 0.15) is 22.7 Å². The topological polar surface area (TPSA) is 55.6 Å². The molecule has 2 aromatic carbocycles. The van der Waals surface area contributed by atoms with Crippen molar-refractivity contribution in [1.29, 1.82) is 0 Å². The molecule has 4 aromatic rings. The zero-order valence-electron chi connectivity index (χ0n) is 15.6. The molecule has 0 atom stereocenters. The highest BCUT2D eigenvalue weighted by atomic mass is 19.1. The van der Waals surface area contributed by atoms with Crippen LogP contribution >= 0.6 is 0 Å². The lowest BCUT2D eigenvalue weighted by atomic mass is 10.2. The molecule has 4 rings (SSSR count). The van der Waals surface area contributed by atoms with Crippen molar-refractivity contribution in [3.63, 3.8) is 0 Å². The average Bonchev–Trinajstić information content (AvgIpc) is 2.98. The van der Waals surface area contributed by atoms with Crippen LogP contribution in [-0.2, 0) is 13.5 Å². The Morgan fingerprint density at radius 2 is 1.79 bits per heavy atom. The Bertz CT molecular complexity index is 1140. The summed E-state index contributed by atoms with van der Waals surface area (Å²) in [7, 11) is 1.83. The third kappa shape index (κ3) is 3.43. The van der Waals surface area contributed by atoms with Crippen LogP contribution in [0.2, 0.25) is 0 Å². The number of hydrogen-bond acceptors (Lipinski definition) is 4. The predicted molar refractivity (Wildman–Crippen MR) is 105 cm³/mol. The van der Waals surface area contributed by atoms with Crippen LogP contribution in [0.4, 0.5) is 20.3 Å². The van der Waals surface area contributed by atoms with Crippen LogP contribution in [0, 0.1) is 11.6 Å². The lowest BCUT2D eigenvalue weighted by Crippen LogP contribution is -2.02. The highest BCUT2D eigenvalue weighted by molar-refractivity contribution is 5.91. The fraction of sp³-hybridized carbons (Fsp3) is 0.190. The first-order valence-corrected chi connectivity index (χ1v) is 9.07. The molecular formula is C21H19F2N5. The van der Waals surface area contributed by atoms with Gasteiger partial charge in [-0.3, -0.25) is 4.68 Å². The summed E-state index contributed by atoms with van der Waals surface area (Å²) in [6.45, 7) is 2.08. The minimum atomic E-state index is -0.342. The summed E-state index contributed by atoms with van der Waals surface area (Å²) < 4.78 is 28.7. The minimum absolute atomic E-state index is 0.323. The highest BCUT2D eigenvalue weighted by Gasteiger charge is 2.18. The van der Waals surface area contributed by atoms with E-state index in [1.807, 2.05) is 7.05 Å². The molecule has 2 aromatic heterocycles. The lowest BCUT2D eigenvalue weighted by molar-refractivity contribution is 0.628. The summed E-state index contributed by atoms with van der Waals surface area (Å²) in [4.78, 5) is 9.34. The third-order valence-corrected chi connectivity index (χ3v) is 4.43. The zero-order valence-corrected chi connectivity index (χ0v) is 15.6. The molecule has 0 bridgehead atoms.